The number of carbonyl (C=O) groups is 2. The quantitative estimate of drug-likeness (QED) is 0.192. The summed E-state index contributed by atoms with van der Waals surface area (Å²) in [5.41, 5.74) is 12.3. The van der Waals surface area contributed by atoms with Gasteiger partial charge in [-0.3, -0.25) is 14.8 Å². The number of amides is 2. The molecule has 0 heterocycles. The van der Waals surface area contributed by atoms with Crippen LogP contribution < -0.4 is 22.4 Å². The van der Waals surface area contributed by atoms with Gasteiger partial charge in [0, 0.05) is 17.5 Å². The molecule has 0 saturated heterocycles. The lowest BCUT2D eigenvalue weighted by atomic mass is 9.63. The third-order valence-corrected chi connectivity index (χ3v) is 7.61. The van der Waals surface area contributed by atoms with E-state index >= 15 is 0 Å². The molecule has 7 N–H and O–H groups in total. The van der Waals surface area contributed by atoms with Crippen LogP contribution in [-0.2, 0) is 22.0 Å². The number of hydrogen-bond acceptors (Lipinski definition) is 6. The number of carbonyl (C=O) groups excluding carboxylic acids is 2. The van der Waals surface area contributed by atoms with E-state index in [0.717, 1.165) is 18.4 Å². The molecule has 2 unspecified atom stereocenters. The number of nitrogens with two attached hydrogens (primary N) is 2. The highest BCUT2D eigenvalue weighted by Crippen LogP contribution is 2.46. The second-order valence-electron chi connectivity index (χ2n) is 11.5. The highest BCUT2D eigenvalue weighted by atomic mass is 19.1. The maximum absolute atomic E-state index is 13.2. The van der Waals surface area contributed by atoms with Crippen LogP contribution in [0.15, 0.2) is 54.4 Å². The topological polar surface area (TPSA) is 134 Å². The lowest BCUT2D eigenvalue weighted by Crippen LogP contribution is -2.44. The van der Waals surface area contributed by atoms with Crippen molar-refractivity contribution in [3.8, 4) is 0 Å². The van der Waals surface area contributed by atoms with Crippen molar-refractivity contribution >= 4 is 11.8 Å². The zero-order valence-electron chi connectivity index (χ0n) is 22.8. The molecule has 1 aliphatic rings. The first-order valence-corrected chi connectivity index (χ1v) is 12.9. The molecule has 2 aromatic rings. The molecule has 206 valence electrons. The molecular weight excluding hydrogens is 485 g/mol. The molecule has 38 heavy (non-hydrogen) atoms. The molecule has 0 saturated carbocycles. The van der Waals surface area contributed by atoms with Crippen molar-refractivity contribution in [1.29, 1.82) is 0 Å². The summed E-state index contributed by atoms with van der Waals surface area (Å²) in [5.74, 6) is 4.94. The second kappa shape index (κ2) is 11.5. The van der Waals surface area contributed by atoms with Crippen molar-refractivity contribution in [3.63, 3.8) is 0 Å². The van der Waals surface area contributed by atoms with Crippen molar-refractivity contribution < 1.29 is 19.2 Å². The third kappa shape index (κ3) is 6.90. The monoisotopic (exact) mass is 525 g/mol. The summed E-state index contributed by atoms with van der Waals surface area (Å²) < 4.78 is 13.2. The molecule has 2 atom stereocenters. The predicted molar refractivity (Wildman–Crippen MR) is 145 cm³/mol. The summed E-state index contributed by atoms with van der Waals surface area (Å²) in [6.07, 6.45) is 4.04. The summed E-state index contributed by atoms with van der Waals surface area (Å²) in [7, 11) is 0. The lowest BCUT2D eigenvalue weighted by Gasteiger charge is -2.42. The van der Waals surface area contributed by atoms with E-state index in [1.165, 1.54) is 46.6 Å². The molecule has 0 aromatic heterocycles. The summed E-state index contributed by atoms with van der Waals surface area (Å²) in [5, 5.41) is 13.2. The van der Waals surface area contributed by atoms with Gasteiger partial charge in [0.15, 0.2) is 0 Å². The Morgan fingerprint density at radius 2 is 1.68 bits per heavy atom. The van der Waals surface area contributed by atoms with Crippen molar-refractivity contribution in [3.05, 3.63) is 82.4 Å². The van der Waals surface area contributed by atoms with Crippen LogP contribution in [0.4, 0.5) is 4.39 Å². The fourth-order valence-corrected chi connectivity index (χ4v) is 4.93. The zero-order valence-corrected chi connectivity index (χ0v) is 22.8. The minimum atomic E-state index is -0.585. The molecule has 0 radical (unpaired) electrons. The number of hydroxylamine groups is 1. The molecule has 0 fully saturated rings. The summed E-state index contributed by atoms with van der Waals surface area (Å²) in [4.78, 5) is 24.6. The number of nitrogens with one attached hydrogen (secondary N) is 2. The van der Waals surface area contributed by atoms with Crippen molar-refractivity contribution in [2.45, 2.75) is 83.2 Å². The van der Waals surface area contributed by atoms with Crippen LogP contribution in [0.3, 0.4) is 0 Å². The first-order valence-electron chi connectivity index (χ1n) is 12.9. The van der Waals surface area contributed by atoms with E-state index in [-0.39, 0.29) is 22.9 Å². The molecule has 0 aliphatic heterocycles. The van der Waals surface area contributed by atoms with Gasteiger partial charge in [-0.25, -0.2) is 15.7 Å². The maximum Gasteiger partial charge on any atom is 0.251 e. The number of halogens is 1. The Kier molecular flexibility index (Phi) is 8.84. The largest absolute Gasteiger partial charge is 0.399 e. The Morgan fingerprint density at radius 3 is 2.29 bits per heavy atom. The Morgan fingerprint density at radius 1 is 1.08 bits per heavy atom. The van der Waals surface area contributed by atoms with E-state index in [1.807, 2.05) is 0 Å². The fourth-order valence-electron chi connectivity index (χ4n) is 4.93. The molecule has 0 spiro atoms. The minimum Gasteiger partial charge on any atom is -0.399 e. The standard InChI is InChI=1S/C29H40FN5O3/c1-18(33-27(37)20-7-9-21(30)10-8-20)25(31)17-35(32)22(16-26(36)34-38)14-19-6-11-23-24(15-19)29(4,5)13-12-28(23,2)3/h6-11,15,17-18,22,38H,12-14,16,31-32H2,1-5H3,(H,33,37)(H,34,36)/b25-17-. The minimum absolute atomic E-state index is 0.0315. The van der Waals surface area contributed by atoms with Crippen molar-refractivity contribution in [2.24, 2.45) is 11.6 Å². The average Bonchev–Trinajstić information content (AvgIpc) is 2.86. The number of benzene rings is 2. The first kappa shape index (κ1) is 29.1. The average molecular weight is 526 g/mol. The lowest BCUT2D eigenvalue weighted by molar-refractivity contribution is -0.130. The first-order chi connectivity index (χ1) is 17.7. The van der Waals surface area contributed by atoms with Gasteiger partial charge in [0.1, 0.15) is 5.82 Å². The van der Waals surface area contributed by atoms with E-state index in [1.54, 1.807) is 12.4 Å². The smallest absolute Gasteiger partial charge is 0.251 e. The Labute approximate surface area is 224 Å². The predicted octanol–water partition coefficient (Wildman–Crippen LogP) is 3.78. The molecule has 0 bridgehead atoms. The normalized spacial score (nSPS) is 17.6. The van der Waals surface area contributed by atoms with Gasteiger partial charge in [0.2, 0.25) is 5.91 Å². The number of rotatable bonds is 9. The van der Waals surface area contributed by atoms with Crippen LogP contribution in [-0.4, -0.2) is 34.1 Å². The highest BCUT2D eigenvalue weighted by Gasteiger charge is 2.37. The van der Waals surface area contributed by atoms with Crippen molar-refractivity contribution in [1.82, 2.24) is 15.8 Å². The Bertz CT molecular complexity index is 1190. The number of nitrogens with zero attached hydrogens (tertiary/aromatic N) is 1. The van der Waals surface area contributed by atoms with Crippen LogP contribution in [0.1, 0.15) is 80.9 Å². The van der Waals surface area contributed by atoms with Gasteiger partial charge in [-0.15, -0.1) is 0 Å². The second-order valence-corrected chi connectivity index (χ2v) is 11.5. The maximum atomic E-state index is 13.2. The summed E-state index contributed by atoms with van der Waals surface area (Å²) in [6, 6.07) is 10.5. The van der Waals surface area contributed by atoms with Crippen LogP contribution in [0.2, 0.25) is 0 Å². The van der Waals surface area contributed by atoms with Crippen LogP contribution in [0.25, 0.3) is 0 Å². The highest BCUT2D eigenvalue weighted by molar-refractivity contribution is 5.94. The number of hydrazine groups is 1. The number of fused-ring (bicyclic) bond motifs is 1. The van der Waals surface area contributed by atoms with Gasteiger partial charge in [-0.1, -0.05) is 45.9 Å². The number of hydrogen-bond donors (Lipinski definition) is 5. The van der Waals surface area contributed by atoms with E-state index < -0.39 is 29.7 Å². The Balaban J connectivity index is 1.80. The molecule has 8 nitrogen and oxygen atoms in total. The molecule has 1 aliphatic carbocycles. The van der Waals surface area contributed by atoms with Gasteiger partial charge in [0.25, 0.3) is 5.91 Å². The van der Waals surface area contributed by atoms with E-state index in [9.17, 15) is 14.0 Å². The Hall–Kier alpha value is -3.43. The summed E-state index contributed by atoms with van der Waals surface area (Å²) in [6.45, 7) is 10.7. The van der Waals surface area contributed by atoms with Crippen LogP contribution in [0.5, 0.6) is 0 Å². The fraction of sp³-hybridized carbons (Fsp3) is 0.448. The van der Waals surface area contributed by atoms with Gasteiger partial charge in [-0.2, -0.15) is 0 Å². The molecular formula is C29H40FN5O3. The zero-order chi connectivity index (χ0) is 28.3. The molecule has 9 heteroatoms. The van der Waals surface area contributed by atoms with Gasteiger partial charge < -0.3 is 16.1 Å². The van der Waals surface area contributed by atoms with Crippen LogP contribution >= 0.6 is 0 Å². The van der Waals surface area contributed by atoms with Crippen LogP contribution in [0, 0.1) is 5.82 Å². The molecule has 3 rings (SSSR count). The van der Waals surface area contributed by atoms with E-state index in [0.29, 0.717) is 12.0 Å². The molecule has 2 amide bonds. The van der Waals surface area contributed by atoms with E-state index in [2.05, 4.69) is 51.2 Å². The van der Waals surface area contributed by atoms with Gasteiger partial charge in [-0.05, 0) is 78.0 Å². The molecule has 2 aromatic carbocycles. The van der Waals surface area contributed by atoms with E-state index in [4.69, 9.17) is 16.8 Å². The van der Waals surface area contributed by atoms with Crippen molar-refractivity contribution in [2.75, 3.05) is 0 Å². The SMILES string of the molecule is CC(NC(=O)c1ccc(F)cc1)/C(N)=C/N(N)C(CC(=O)NO)Cc1ccc2c(c1)C(C)(C)CCC2(C)C. The third-order valence-electron chi connectivity index (χ3n) is 7.61. The van der Waals surface area contributed by atoms with Gasteiger partial charge in [0.05, 0.1) is 18.5 Å². The van der Waals surface area contributed by atoms with Gasteiger partial charge >= 0.3 is 0 Å². The summed E-state index contributed by atoms with van der Waals surface area (Å²) >= 11 is 0.